The van der Waals surface area contributed by atoms with Crippen LogP contribution in [0.2, 0.25) is 0 Å². The van der Waals surface area contributed by atoms with Crippen molar-refractivity contribution in [1.82, 2.24) is 20.3 Å². The third-order valence-corrected chi connectivity index (χ3v) is 6.06. The predicted octanol–water partition coefficient (Wildman–Crippen LogP) is 4.07. The maximum absolute atomic E-state index is 12.2. The Hall–Kier alpha value is -3.49. The highest BCUT2D eigenvalue weighted by Crippen LogP contribution is 2.26. The first-order chi connectivity index (χ1) is 16.1. The summed E-state index contributed by atoms with van der Waals surface area (Å²) < 4.78 is 5.91. The van der Waals surface area contributed by atoms with Crippen LogP contribution in [0.4, 0.5) is 0 Å². The van der Waals surface area contributed by atoms with Crippen molar-refractivity contribution in [3.8, 4) is 17.0 Å². The second-order valence-corrected chi connectivity index (χ2v) is 8.67. The Balaban J connectivity index is 1.34. The van der Waals surface area contributed by atoms with Gasteiger partial charge >= 0.3 is 0 Å². The van der Waals surface area contributed by atoms with Crippen LogP contribution in [0.5, 0.6) is 5.75 Å². The minimum atomic E-state index is -0.721. The number of aromatic nitrogens is 3. The lowest BCUT2D eigenvalue weighted by Gasteiger charge is -2.21. The molecule has 0 radical (unpaired) electrons. The molecule has 0 aliphatic heterocycles. The van der Waals surface area contributed by atoms with E-state index in [4.69, 9.17) is 9.72 Å². The number of nitrogens with one attached hydrogen (secondary N) is 2. The van der Waals surface area contributed by atoms with E-state index in [9.17, 15) is 9.90 Å². The summed E-state index contributed by atoms with van der Waals surface area (Å²) in [4.78, 5) is 23.7. The van der Waals surface area contributed by atoms with Gasteiger partial charge in [0.05, 0.1) is 35.8 Å². The summed E-state index contributed by atoms with van der Waals surface area (Å²) in [6, 6.07) is 17.6. The largest absolute Gasteiger partial charge is 0.493 e. The fraction of sp³-hybridized carbons (Fsp3) is 0.240. The third kappa shape index (κ3) is 6.27. The standard InChI is InChI=1S/C25H26N4O3S/c1-17(30)21(29-25(31)22-14-26-16-27-22)10-11-32-20-9-5-8-19(13-20)23-15-33-24(28-23)12-18-6-3-2-4-7-18/h2-9,13-17,21,30H,10-12H2,1H3,(H,26,27)(H,29,31)/t17-,21+/m0/s1. The van der Waals surface area contributed by atoms with Gasteiger partial charge in [-0.2, -0.15) is 0 Å². The van der Waals surface area contributed by atoms with Crippen LogP contribution in [0, 0.1) is 0 Å². The summed E-state index contributed by atoms with van der Waals surface area (Å²) in [7, 11) is 0. The molecule has 2 aromatic heterocycles. The lowest BCUT2D eigenvalue weighted by Crippen LogP contribution is -2.43. The van der Waals surface area contributed by atoms with Crippen molar-refractivity contribution >= 4 is 17.2 Å². The fourth-order valence-corrected chi connectivity index (χ4v) is 4.24. The Morgan fingerprint density at radius 2 is 2.06 bits per heavy atom. The van der Waals surface area contributed by atoms with E-state index in [0.717, 1.165) is 22.7 Å². The van der Waals surface area contributed by atoms with Gasteiger partial charge in [-0.25, -0.2) is 9.97 Å². The van der Waals surface area contributed by atoms with Crippen molar-refractivity contribution in [2.24, 2.45) is 0 Å². The van der Waals surface area contributed by atoms with Crippen molar-refractivity contribution in [2.45, 2.75) is 31.9 Å². The van der Waals surface area contributed by atoms with E-state index in [-0.39, 0.29) is 11.6 Å². The number of hydrogen-bond acceptors (Lipinski definition) is 6. The zero-order valence-electron chi connectivity index (χ0n) is 18.3. The maximum atomic E-state index is 12.2. The maximum Gasteiger partial charge on any atom is 0.271 e. The average Bonchev–Trinajstić information content (AvgIpc) is 3.52. The zero-order chi connectivity index (χ0) is 23.0. The molecule has 0 saturated heterocycles. The van der Waals surface area contributed by atoms with Gasteiger partial charge in [0.2, 0.25) is 0 Å². The highest BCUT2D eigenvalue weighted by Gasteiger charge is 2.19. The van der Waals surface area contributed by atoms with Crippen molar-refractivity contribution < 1.29 is 14.6 Å². The van der Waals surface area contributed by atoms with Crippen LogP contribution in [0.1, 0.15) is 34.4 Å². The Morgan fingerprint density at radius 3 is 2.82 bits per heavy atom. The third-order valence-electron chi connectivity index (χ3n) is 5.21. The molecule has 0 aliphatic rings. The summed E-state index contributed by atoms with van der Waals surface area (Å²) >= 11 is 1.65. The molecule has 3 N–H and O–H groups in total. The molecule has 4 rings (SSSR count). The Kier molecular flexibility index (Phi) is 7.49. The summed E-state index contributed by atoms with van der Waals surface area (Å²) in [5, 5.41) is 16.0. The summed E-state index contributed by atoms with van der Waals surface area (Å²) in [6.07, 6.45) is 3.50. The zero-order valence-corrected chi connectivity index (χ0v) is 19.1. The Labute approximate surface area is 196 Å². The second kappa shape index (κ2) is 10.9. The second-order valence-electron chi connectivity index (χ2n) is 7.73. The van der Waals surface area contributed by atoms with Crippen LogP contribution in [-0.2, 0) is 6.42 Å². The van der Waals surface area contributed by atoms with E-state index in [1.54, 1.807) is 18.3 Å². The van der Waals surface area contributed by atoms with Gasteiger partial charge in [-0.15, -0.1) is 11.3 Å². The van der Waals surface area contributed by atoms with Crippen LogP contribution in [0.25, 0.3) is 11.3 Å². The first-order valence-corrected chi connectivity index (χ1v) is 11.7. The lowest BCUT2D eigenvalue weighted by atomic mass is 10.1. The van der Waals surface area contributed by atoms with Gasteiger partial charge in [0.25, 0.3) is 5.91 Å². The minimum absolute atomic E-state index is 0.282. The molecule has 7 nitrogen and oxygen atoms in total. The van der Waals surface area contributed by atoms with Gasteiger partial charge in [0.1, 0.15) is 11.4 Å². The van der Waals surface area contributed by atoms with Crippen LogP contribution in [0.3, 0.4) is 0 Å². The molecule has 2 heterocycles. The number of rotatable bonds is 10. The molecule has 0 aliphatic carbocycles. The Morgan fingerprint density at radius 1 is 1.21 bits per heavy atom. The number of hydrogen-bond donors (Lipinski definition) is 3. The molecular weight excluding hydrogens is 436 g/mol. The minimum Gasteiger partial charge on any atom is -0.493 e. The molecule has 4 aromatic rings. The van der Waals surface area contributed by atoms with Gasteiger partial charge in [-0.05, 0) is 24.6 Å². The number of aromatic amines is 1. The van der Waals surface area contributed by atoms with Crippen molar-refractivity contribution in [1.29, 1.82) is 0 Å². The molecule has 1 amide bonds. The van der Waals surface area contributed by atoms with Crippen LogP contribution in [-0.4, -0.2) is 44.7 Å². The van der Waals surface area contributed by atoms with Gasteiger partial charge in [0, 0.05) is 30.0 Å². The normalized spacial score (nSPS) is 12.8. The van der Waals surface area contributed by atoms with Crippen molar-refractivity contribution in [2.75, 3.05) is 6.61 Å². The lowest BCUT2D eigenvalue weighted by molar-refractivity contribution is 0.0827. The monoisotopic (exact) mass is 462 g/mol. The smallest absolute Gasteiger partial charge is 0.271 e. The quantitative estimate of drug-likeness (QED) is 0.330. The molecule has 2 aromatic carbocycles. The number of amides is 1. The van der Waals surface area contributed by atoms with Gasteiger partial charge in [0.15, 0.2) is 0 Å². The van der Waals surface area contributed by atoms with E-state index in [2.05, 4.69) is 32.8 Å². The molecule has 2 atom stereocenters. The molecule has 170 valence electrons. The highest BCUT2D eigenvalue weighted by atomic mass is 32.1. The van der Waals surface area contributed by atoms with Crippen LogP contribution in [0.15, 0.2) is 72.5 Å². The molecule has 0 saturated carbocycles. The van der Waals surface area contributed by atoms with Gasteiger partial charge in [-0.1, -0.05) is 42.5 Å². The Bertz CT molecular complexity index is 1160. The number of H-pyrrole nitrogens is 1. The number of benzene rings is 2. The van der Waals surface area contributed by atoms with Gasteiger partial charge in [-0.3, -0.25) is 4.79 Å². The van der Waals surface area contributed by atoms with Crippen LogP contribution < -0.4 is 10.1 Å². The number of aliphatic hydroxyl groups excluding tert-OH is 1. The number of thiazole rings is 1. The molecule has 0 unspecified atom stereocenters. The van der Waals surface area contributed by atoms with E-state index < -0.39 is 12.1 Å². The van der Waals surface area contributed by atoms with Gasteiger partial charge < -0.3 is 20.1 Å². The number of nitrogens with zero attached hydrogens (tertiary/aromatic N) is 2. The van der Waals surface area contributed by atoms with Crippen molar-refractivity contribution in [3.05, 3.63) is 88.8 Å². The highest BCUT2D eigenvalue weighted by molar-refractivity contribution is 7.10. The number of imidazole rings is 1. The van der Waals surface area contributed by atoms with E-state index in [1.165, 1.54) is 18.1 Å². The molecule has 8 heteroatoms. The molecular formula is C25H26N4O3S. The summed E-state index contributed by atoms with van der Waals surface area (Å²) in [5.74, 6) is 0.382. The average molecular weight is 463 g/mol. The number of carbonyl (C=O) groups excluding carboxylic acids is 1. The topological polar surface area (TPSA) is 100 Å². The van der Waals surface area contributed by atoms with E-state index in [0.29, 0.717) is 18.8 Å². The summed E-state index contributed by atoms with van der Waals surface area (Å²) in [6.45, 7) is 1.99. The molecule has 0 fully saturated rings. The number of ether oxygens (including phenoxy) is 1. The first kappa shape index (κ1) is 22.7. The first-order valence-electron chi connectivity index (χ1n) is 10.8. The summed E-state index contributed by atoms with van der Waals surface area (Å²) in [5.41, 5.74) is 3.43. The number of aliphatic hydroxyl groups is 1. The fourth-order valence-electron chi connectivity index (χ4n) is 3.40. The SMILES string of the molecule is C[C@H](O)[C@@H](CCOc1cccc(-c2csc(Cc3ccccc3)n2)c1)NC(=O)c1c[nH]cn1. The molecule has 0 spiro atoms. The number of carbonyl (C=O) groups is 1. The van der Waals surface area contributed by atoms with Crippen LogP contribution >= 0.6 is 11.3 Å². The van der Waals surface area contributed by atoms with E-state index >= 15 is 0 Å². The van der Waals surface area contributed by atoms with Crippen molar-refractivity contribution in [3.63, 3.8) is 0 Å². The predicted molar refractivity (Wildman–Crippen MR) is 128 cm³/mol. The van der Waals surface area contributed by atoms with E-state index in [1.807, 2.05) is 42.5 Å². The molecule has 0 bridgehead atoms. The molecule has 33 heavy (non-hydrogen) atoms.